The van der Waals surface area contributed by atoms with Crippen molar-refractivity contribution in [2.45, 2.75) is 45.4 Å². The average molecular weight is 332 g/mol. The Bertz CT molecular complexity index is 390. The Morgan fingerprint density at radius 2 is 2.14 bits per heavy atom. The normalized spacial score (nSPS) is 22.1. The van der Waals surface area contributed by atoms with E-state index in [1.807, 2.05) is 6.92 Å². The molecule has 1 amide bonds. The lowest BCUT2D eigenvalue weighted by Gasteiger charge is -2.41. The van der Waals surface area contributed by atoms with E-state index in [2.05, 4.69) is 17.1 Å². The topological polar surface area (TPSA) is 58.6 Å². The average Bonchev–Trinajstić information content (AvgIpc) is 2.41. The van der Waals surface area contributed by atoms with Crippen molar-refractivity contribution >= 4 is 41.0 Å². The number of amides is 1. The van der Waals surface area contributed by atoms with Crippen molar-refractivity contribution in [1.29, 1.82) is 0 Å². The molecule has 2 atom stereocenters. The van der Waals surface area contributed by atoms with E-state index in [1.165, 1.54) is 6.92 Å². The molecular formula is C14H24N2O3S2. The van der Waals surface area contributed by atoms with Crippen molar-refractivity contribution in [3.05, 3.63) is 0 Å². The van der Waals surface area contributed by atoms with Crippen molar-refractivity contribution in [2.24, 2.45) is 5.92 Å². The van der Waals surface area contributed by atoms with Crippen LogP contribution in [0, 0.1) is 5.92 Å². The van der Waals surface area contributed by atoms with Gasteiger partial charge in [-0.3, -0.25) is 9.59 Å². The number of hydrogen-bond acceptors (Lipinski definition) is 5. The molecule has 1 fully saturated rings. The Hall–Kier alpha value is -0.820. The van der Waals surface area contributed by atoms with Gasteiger partial charge in [0.1, 0.15) is 0 Å². The first kappa shape index (κ1) is 18.2. The second kappa shape index (κ2) is 9.25. The van der Waals surface area contributed by atoms with Crippen LogP contribution in [0.5, 0.6) is 0 Å². The molecule has 2 unspecified atom stereocenters. The van der Waals surface area contributed by atoms with E-state index in [-0.39, 0.29) is 23.2 Å². The summed E-state index contributed by atoms with van der Waals surface area (Å²) in [4.78, 5) is 24.8. The molecule has 0 aromatic carbocycles. The molecule has 21 heavy (non-hydrogen) atoms. The Kier molecular flexibility index (Phi) is 8.03. The number of carbonyl (C=O) groups excluding carboxylic acids is 2. The van der Waals surface area contributed by atoms with Crippen LogP contribution < -0.4 is 5.32 Å². The van der Waals surface area contributed by atoms with Gasteiger partial charge in [0, 0.05) is 13.5 Å². The Morgan fingerprint density at radius 1 is 1.43 bits per heavy atom. The Labute approximate surface area is 136 Å². The highest BCUT2D eigenvalue weighted by Crippen LogP contribution is 2.29. The standard InChI is InChI=1S/C14H24N2O3S2/c1-4-11-12(18)15-14(20)16(13(11)21-5-2)8-6-7-9-19-10(3)17/h11,13H,4-9H2,1-3H3,(H,15,18,20). The van der Waals surface area contributed by atoms with Gasteiger partial charge in [0.25, 0.3) is 0 Å². The van der Waals surface area contributed by atoms with Gasteiger partial charge in [-0.1, -0.05) is 13.8 Å². The molecule has 0 aromatic heterocycles. The fraction of sp³-hybridized carbons (Fsp3) is 0.786. The summed E-state index contributed by atoms with van der Waals surface area (Å²) in [6, 6.07) is 0. The van der Waals surface area contributed by atoms with E-state index in [9.17, 15) is 9.59 Å². The molecular weight excluding hydrogens is 308 g/mol. The molecule has 0 aliphatic carbocycles. The van der Waals surface area contributed by atoms with Gasteiger partial charge in [-0.05, 0) is 37.2 Å². The summed E-state index contributed by atoms with van der Waals surface area (Å²) >= 11 is 7.07. The first-order chi connectivity index (χ1) is 10.0. The largest absolute Gasteiger partial charge is 0.466 e. The molecule has 0 bridgehead atoms. The zero-order valence-corrected chi connectivity index (χ0v) is 14.5. The highest BCUT2D eigenvalue weighted by atomic mass is 32.2. The number of ether oxygens (including phenoxy) is 1. The van der Waals surface area contributed by atoms with Crippen LogP contribution in [-0.2, 0) is 14.3 Å². The van der Waals surface area contributed by atoms with Crippen molar-refractivity contribution < 1.29 is 14.3 Å². The van der Waals surface area contributed by atoms with Gasteiger partial charge >= 0.3 is 5.97 Å². The molecule has 0 radical (unpaired) electrons. The predicted octanol–water partition coefficient (Wildman–Crippen LogP) is 2.15. The number of esters is 1. The lowest BCUT2D eigenvalue weighted by molar-refractivity contribution is -0.141. The minimum absolute atomic E-state index is 0.0320. The van der Waals surface area contributed by atoms with Gasteiger partial charge in [0.15, 0.2) is 5.11 Å². The van der Waals surface area contributed by atoms with Crippen LogP contribution in [0.4, 0.5) is 0 Å². The van der Waals surface area contributed by atoms with Gasteiger partial charge in [0.2, 0.25) is 5.91 Å². The minimum Gasteiger partial charge on any atom is -0.466 e. The van der Waals surface area contributed by atoms with Crippen molar-refractivity contribution in [1.82, 2.24) is 10.2 Å². The van der Waals surface area contributed by atoms with Gasteiger partial charge in [0.05, 0.1) is 17.9 Å². The Morgan fingerprint density at radius 3 is 2.71 bits per heavy atom. The summed E-state index contributed by atoms with van der Waals surface area (Å²) in [5.41, 5.74) is 0. The maximum absolute atomic E-state index is 12.0. The quantitative estimate of drug-likeness (QED) is 0.417. The monoisotopic (exact) mass is 332 g/mol. The van der Waals surface area contributed by atoms with Crippen LogP contribution >= 0.6 is 24.0 Å². The number of nitrogens with zero attached hydrogens (tertiary/aromatic N) is 1. The first-order valence-corrected chi connectivity index (χ1v) is 8.83. The SMILES string of the molecule is CCSC1C(CC)C(=O)NC(=S)N1CCCCOC(C)=O. The number of carbonyl (C=O) groups is 2. The second-order valence-corrected chi connectivity index (χ2v) is 6.68. The van der Waals surface area contributed by atoms with Crippen molar-refractivity contribution in [3.8, 4) is 0 Å². The van der Waals surface area contributed by atoms with Crippen LogP contribution in [0.1, 0.15) is 40.0 Å². The first-order valence-electron chi connectivity index (χ1n) is 7.37. The second-order valence-electron chi connectivity index (χ2n) is 4.90. The highest BCUT2D eigenvalue weighted by Gasteiger charge is 2.37. The molecule has 1 heterocycles. The number of thiocarbonyl (C=S) groups is 1. The van der Waals surface area contributed by atoms with Gasteiger partial charge in [-0.25, -0.2) is 0 Å². The lowest BCUT2D eigenvalue weighted by Crippen LogP contribution is -2.59. The van der Waals surface area contributed by atoms with Crippen molar-refractivity contribution in [2.75, 3.05) is 18.9 Å². The van der Waals surface area contributed by atoms with Crippen LogP contribution in [0.15, 0.2) is 0 Å². The van der Waals surface area contributed by atoms with E-state index in [0.717, 1.165) is 31.6 Å². The summed E-state index contributed by atoms with van der Waals surface area (Å²) in [6.07, 6.45) is 2.48. The summed E-state index contributed by atoms with van der Waals surface area (Å²) in [5, 5.41) is 3.42. The summed E-state index contributed by atoms with van der Waals surface area (Å²) in [6.45, 7) is 6.74. The van der Waals surface area contributed by atoms with E-state index in [1.54, 1.807) is 11.8 Å². The molecule has 1 saturated heterocycles. The van der Waals surface area contributed by atoms with E-state index in [4.69, 9.17) is 17.0 Å². The van der Waals surface area contributed by atoms with E-state index in [0.29, 0.717) is 11.7 Å². The highest BCUT2D eigenvalue weighted by molar-refractivity contribution is 7.99. The lowest BCUT2D eigenvalue weighted by atomic mass is 10.0. The van der Waals surface area contributed by atoms with Gasteiger partial charge < -0.3 is 15.0 Å². The third-order valence-corrected chi connectivity index (χ3v) is 4.95. The zero-order valence-electron chi connectivity index (χ0n) is 12.9. The number of hydrogen-bond donors (Lipinski definition) is 1. The number of thioether (sulfide) groups is 1. The fourth-order valence-electron chi connectivity index (χ4n) is 2.32. The van der Waals surface area contributed by atoms with Crippen LogP contribution in [-0.4, -0.2) is 46.2 Å². The zero-order chi connectivity index (χ0) is 15.8. The van der Waals surface area contributed by atoms with Crippen molar-refractivity contribution in [3.63, 3.8) is 0 Å². The summed E-state index contributed by atoms with van der Waals surface area (Å²) < 4.78 is 4.93. The van der Waals surface area contributed by atoms with E-state index >= 15 is 0 Å². The minimum atomic E-state index is -0.249. The summed E-state index contributed by atoms with van der Waals surface area (Å²) in [5.74, 6) is 0.696. The van der Waals surface area contributed by atoms with Gasteiger partial charge in [-0.2, -0.15) is 0 Å². The predicted molar refractivity (Wildman–Crippen MR) is 89.0 cm³/mol. The van der Waals surface area contributed by atoms with Gasteiger partial charge in [-0.15, -0.1) is 11.8 Å². The third-order valence-electron chi connectivity index (χ3n) is 3.36. The maximum Gasteiger partial charge on any atom is 0.302 e. The Balaban J connectivity index is 2.56. The maximum atomic E-state index is 12.0. The molecule has 1 N–H and O–H groups in total. The smallest absolute Gasteiger partial charge is 0.302 e. The summed E-state index contributed by atoms with van der Waals surface area (Å²) in [7, 11) is 0. The fourth-order valence-corrected chi connectivity index (χ4v) is 3.98. The number of nitrogens with one attached hydrogen (secondary N) is 1. The molecule has 5 nitrogen and oxygen atoms in total. The van der Waals surface area contributed by atoms with Crippen LogP contribution in [0.3, 0.4) is 0 Å². The number of unbranched alkanes of at least 4 members (excludes halogenated alkanes) is 1. The molecule has 1 aliphatic heterocycles. The number of rotatable bonds is 8. The molecule has 1 rings (SSSR count). The van der Waals surface area contributed by atoms with Crippen LogP contribution in [0.2, 0.25) is 0 Å². The third kappa shape index (κ3) is 5.47. The molecule has 7 heteroatoms. The van der Waals surface area contributed by atoms with E-state index < -0.39 is 0 Å². The van der Waals surface area contributed by atoms with Crippen LogP contribution in [0.25, 0.3) is 0 Å². The molecule has 0 spiro atoms. The molecule has 120 valence electrons. The molecule has 0 aromatic rings. The molecule has 1 aliphatic rings. The molecule has 0 saturated carbocycles.